The van der Waals surface area contributed by atoms with Crippen molar-refractivity contribution in [3.8, 4) is 0 Å². The van der Waals surface area contributed by atoms with Crippen LogP contribution in [0.1, 0.15) is 29.7 Å². The maximum Gasteiger partial charge on any atom is 0.0268 e. The quantitative estimate of drug-likeness (QED) is 0.828. The number of rotatable bonds is 3. The molecule has 0 aliphatic rings. The van der Waals surface area contributed by atoms with E-state index >= 15 is 0 Å². The predicted octanol–water partition coefficient (Wildman–Crippen LogP) is 3.30. The highest BCUT2D eigenvalue weighted by Crippen LogP contribution is 2.18. The highest BCUT2D eigenvalue weighted by atomic mass is 14.6. The van der Waals surface area contributed by atoms with Crippen LogP contribution in [-0.4, -0.2) is 0 Å². The number of benzene rings is 2. The smallest absolute Gasteiger partial charge is 0.0268 e. The van der Waals surface area contributed by atoms with Crippen LogP contribution in [0.4, 0.5) is 0 Å². The molecule has 0 bridgehead atoms. The van der Waals surface area contributed by atoms with E-state index in [2.05, 4.69) is 42.5 Å². The van der Waals surface area contributed by atoms with Crippen LogP contribution >= 0.6 is 0 Å². The Kier molecular flexibility index (Phi) is 3.37. The van der Waals surface area contributed by atoms with Gasteiger partial charge in [0, 0.05) is 6.04 Å². The van der Waals surface area contributed by atoms with Gasteiger partial charge in [0.05, 0.1) is 0 Å². The molecule has 1 unspecified atom stereocenters. The average molecular weight is 211 g/mol. The van der Waals surface area contributed by atoms with E-state index in [1.165, 1.54) is 16.7 Å². The van der Waals surface area contributed by atoms with Gasteiger partial charge in [-0.3, -0.25) is 0 Å². The highest BCUT2D eigenvalue weighted by Gasteiger charge is 2.05. The zero-order chi connectivity index (χ0) is 11.4. The van der Waals surface area contributed by atoms with E-state index in [0.29, 0.717) is 0 Å². The molecule has 2 aromatic rings. The molecule has 1 atom stereocenters. The molecule has 0 saturated heterocycles. The largest absolute Gasteiger partial charge is 0.324 e. The summed E-state index contributed by atoms with van der Waals surface area (Å²) in [6.45, 7) is 2.03. The summed E-state index contributed by atoms with van der Waals surface area (Å²) in [7, 11) is 0. The van der Waals surface area contributed by atoms with Gasteiger partial charge < -0.3 is 5.73 Å². The SMILES string of the molecule is CC(N)c1ccccc1Cc1ccccc1. The molecule has 82 valence electrons. The average Bonchev–Trinajstić information content (AvgIpc) is 2.31. The first-order valence-corrected chi connectivity index (χ1v) is 5.64. The maximum atomic E-state index is 5.97. The Labute approximate surface area is 96.9 Å². The van der Waals surface area contributed by atoms with Crippen LogP contribution in [0.25, 0.3) is 0 Å². The van der Waals surface area contributed by atoms with Gasteiger partial charge in [0.2, 0.25) is 0 Å². The van der Waals surface area contributed by atoms with Crippen molar-refractivity contribution >= 4 is 0 Å². The van der Waals surface area contributed by atoms with Crippen molar-refractivity contribution < 1.29 is 0 Å². The Morgan fingerprint density at radius 1 is 0.938 bits per heavy atom. The Morgan fingerprint density at radius 3 is 2.25 bits per heavy atom. The molecule has 0 saturated carbocycles. The summed E-state index contributed by atoms with van der Waals surface area (Å²) in [6.07, 6.45) is 0.957. The van der Waals surface area contributed by atoms with Crippen molar-refractivity contribution in [1.29, 1.82) is 0 Å². The topological polar surface area (TPSA) is 26.0 Å². The van der Waals surface area contributed by atoms with E-state index < -0.39 is 0 Å². The molecule has 2 rings (SSSR count). The Morgan fingerprint density at radius 2 is 1.56 bits per heavy atom. The Hall–Kier alpha value is -1.60. The van der Waals surface area contributed by atoms with Crippen LogP contribution in [0.2, 0.25) is 0 Å². The van der Waals surface area contributed by atoms with Crippen molar-refractivity contribution in [3.63, 3.8) is 0 Å². The number of nitrogens with two attached hydrogens (primary N) is 1. The lowest BCUT2D eigenvalue weighted by molar-refractivity contribution is 0.804. The van der Waals surface area contributed by atoms with E-state index in [0.717, 1.165) is 6.42 Å². The van der Waals surface area contributed by atoms with Crippen LogP contribution in [0, 0.1) is 0 Å². The van der Waals surface area contributed by atoms with E-state index in [1.54, 1.807) is 0 Å². The van der Waals surface area contributed by atoms with Crippen molar-refractivity contribution in [2.75, 3.05) is 0 Å². The molecule has 0 aliphatic carbocycles. The van der Waals surface area contributed by atoms with Gasteiger partial charge in [0.25, 0.3) is 0 Å². The second kappa shape index (κ2) is 4.95. The van der Waals surface area contributed by atoms with Crippen molar-refractivity contribution in [2.24, 2.45) is 5.73 Å². The lowest BCUT2D eigenvalue weighted by Crippen LogP contribution is -2.08. The third kappa shape index (κ3) is 2.50. The first kappa shape index (κ1) is 10.9. The van der Waals surface area contributed by atoms with Crippen LogP contribution in [0.15, 0.2) is 54.6 Å². The molecule has 0 heterocycles. The van der Waals surface area contributed by atoms with Crippen molar-refractivity contribution in [1.82, 2.24) is 0 Å². The summed E-state index contributed by atoms with van der Waals surface area (Å²) >= 11 is 0. The molecule has 16 heavy (non-hydrogen) atoms. The zero-order valence-corrected chi connectivity index (χ0v) is 9.56. The summed E-state index contributed by atoms with van der Waals surface area (Å²) < 4.78 is 0. The van der Waals surface area contributed by atoms with Crippen LogP contribution in [0.3, 0.4) is 0 Å². The third-order valence-corrected chi connectivity index (χ3v) is 2.78. The lowest BCUT2D eigenvalue weighted by atomic mass is 9.96. The Bertz CT molecular complexity index is 446. The van der Waals surface area contributed by atoms with Gasteiger partial charge in [-0.1, -0.05) is 54.6 Å². The summed E-state index contributed by atoms with van der Waals surface area (Å²) in [4.78, 5) is 0. The molecule has 0 radical (unpaired) electrons. The Balaban J connectivity index is 2.28. The van der Waals surface area contributed by atoms with E-state index in [-0.39, 0.29) is 6.04 Å². The van der Waals surface area contributed by atoms with Crippen LogP contribution in [0.5, 0.6) is 0 Å². The molecule has 0 aliphatic heterocycles. The molecule has 0 spiro atoms. The lowest BCUT2D eigenvalue weighted by Gasteiger charge is -2.12. The van der Waals surface area contributed by atoms with E-state index in [4.69, 9.17) is 5.73 Å². The molecule has 0 fully saturated rings. The fourth-order valence-electron chi connectivity index (χ4n) is 1.96. The second-order valence-electron chi connectivity index (χ2n) is 4.15. The summed E-state index contributed by atoms with van der Waals surface area (Å²) in [6, 6.07) is 19.0. The molecule has 0 amide bonds. The normalized spacial score (nSPS) is 12.4. The first-order valence-electron chi connectivity index (χ1n) is 5.64. The van der Waals surface area contributed by atoms with Gasteiger partial charge in [-0.2, -0.15) is 0 Å². The number of hydrogen-bond donors (Lipinski definition) is 1. The van der Waals surface area contributed by atoms with Crippen LogP contribution < -0.4 is 5.73 Å². The minimum Gasteiger partial charge on any atom is -0.324 e. The molecule has 2 N–H and O–H groups in total. The maximum absolute atomic E-state index is 5.97. The minimum absolute atomic E-state index is 0.0971. The molecule has 2 aromatic carbocycles. The second-order valence-corrected chi connectivity index (χ2v) is 4.15. The van der Waals surface area contributed by atoms with Crippen molar-refractivity contribution in [2.45, 2.75) is 19.4 Å². The summed E-state index contributed by atoms with van der Waals surface area (Å²) in [5, 5.41) is 0. The fraction of sp³-hybridized carbons (Fsp3) is 0.200. The highest BCUT2D eigenvalue weighted by molar-refractivity contribution is 5.34. The van der Waals surface area contributed by atoms with Gasteiger partial charge in [-0.05, 0) is 30.0 Å². The first-order chi connectivity index (χ1) is 7.77. The molecule has 0 aromatic heterocycles. The van der Waals surface area contributed by atoms with Gasteiger partial charge >= 0.3 is 0 Å². The minimum atomic E-state index is 0.0971. The molecule has 1 heteroatoms. The predicted molar refractivity (Wildman–Crippen MR) is 68.3 cm³/mol. The van der Waals surface area contributed by atoms with Crippen LogP contribution in [-0.2, 0) is 6.42 Å². The number of hydrogen-bond acceptors (Lipinski definition) is 1. The van der Waals surface area contributed by atoms with Gasteiger partial charge in [0.1, 0.15) is 0 Å². The van der Waals surface area contributed by atoms with Crippen molar-refractivity contribution in [3.05, 3.63) is 71.3 Å². The standard InChI is InChI=1S/C15H17N/c1-12(16)15-10-6-5-9-14(15)11-13-7-3-2-4-8-13/h2-10,12H,11,16H2,1H3. The molecule has 1 nitrogen and oxygen atoms in total. The summed E-state index contributed by atoms with van der Waals surface area (Å²) in [5.74, 6) is 0. The third-order valence-electron chi connectivity index (χ3n) is 2.78. The monoisotopic (exact) mass is 211 g/mol. The fourth-order valence-corrected chi connectivity index (χ4v) is 1.96. The van der Waals surface area contributed by atoms with Gasteiger partial charge in [-0.25, -0.2) is 0 Å². The van der Waals surface area contributed by atoms with E-state index in [1.807, 2.05) is 19.1 Å². The zero-order valence-electron chi connectivity index (χ0n) is 9.56. The van der Waals surface area contributed by atoms with Gasteiger partial charge in [0.15, 0.2) is 0 Å². The van der Waals surface area contributed by atoms with Gasteiger partial charge in [-0.15, -0.1) is 0 Å². The molecular weight excluding hydrogens is 194 g/mol. The van der Waals surface area contributed by atoms with E-state index in [9.17, 15) is 0 Å². The summed E-state index contributed by atoms with van der Waals surface area (Å²) in [5.41, 5.74) is 9.86. The molecular formula is C15H17N.